The Bertz CT molecular complexity index is 677. The molecule has 0 spiro atoms. The third kappa shape index (κ3) is 3.06. The number of rotatable bonds is 4. The lowest BCUT2D eigenvalue weighted by molar-refractivity contribution is -0.116. The second kappa shape index (κ2) is 6.06. The number of carbonyl (C=O) groups excluding carboxylic acids is 1. The Morgan fingerprint density at radius 2 is 1.95 bits per heavy atom. The van der Waals surface area contributed by atoms with Gasteiger partial charge < -0.3 is 14.6 Å². The third-order valence-corrected chi connectivity index (χ3v) is 2.95. The summed E-state index contributed by atoms with van der Waals surface area (Å²) in [5, 5.41) is 2.74. The minimum atomic E-state index is -0.272. The number of anilines is 1. The number of benzene rings is 1. The van der Waals surface area contributed by atoms with Crippen LogP contribution in [0.25, 0.3) is 0 Å². The Balaban J connectivity index is 2.16. The number of para-hydroxylation sites is 2. The van der Waals surface area contributed by atoms with E-state index in [4.69, 9.17) is 4.74 Å². The molecule has 0 aliphatic rings. The minimum Gasteiger partial charge on any atom is -0.495 e. The predicted octanol–water partition coefficient (Wildman–Crippen LogP) is 1.80. The molecule has 0 radical (unpaired) electrons. The Morgan fingerprint density at radius 3 is 2.65 bits per heavy atom. The van der Waals surface area contributed by atoms with Crippen LogP contribution >= 0.6 is 0 Å². The van der Waals surface area contributed by atoms with Crippen molar-refractivity contribution in [2.45, 2.75) is 13.5 Å². The summed E-state index contributed by atoms with van der Waals surface area (Å²) in [7, 11) is 1.54. The molecule has 2 aromatic rings. The van der Waals surface area contributed by atoms with Crippen LogP contribution in [0.15, 0.2) is 47.3 Å². The van der Waals surface area contributed by atoms with Gasteiger partial charge >= 0.3 is 0 Å². The van der Waals surface area contributed by atoms with E-state index < -0.39 is 0 Å². The number of amides is 1. The molecule has 1 heterocycles. The van der Waals surface area contributed by atoms with Gasteiger partial charge in [-0.2, -0.15) is 0 Å². The number of nitrogens with one attached hydrogen (secondary N) is 1. The Hall–Kier alpha value is -2.56. The van der Waals surface area contributed by atoms with Gasteiger partial charge in [0.1, 0.15) is 12.3 Å². The number of aromatic nitrogens is 1. The standard InChI is InChI=1S/C15H16N2O3/c1-11-6-5-9-15(19)17(11)10-14(18)16-12-7-3-4-8-13(12)20-2/h3-9H,10H2,1-2H3,(H,16,18). The maximum atomic E-state index is 12.0. The summed E-state index contributed by atoms with van der Waals surface area (Å²) >= 11 is 0. The Labute approximate surface area is 116 Å². The number of pyridine rings is 1. The van der Waals surface area contributed by atoms with Gasteiger partial charge in [0.2, 0.25) is 5.91 Å². The predicted molar refractivity (Wildman–Crippen MR) is 77.1 cm³/mol. The van der Waals surface area contributed by atoms with E-state index in [-0.39, 0.29) is 18.0 Å². The molecule has 1 N–H and O–H groups in total. The molecule has 0 fully saturated rings. The number of methoxy groups -OCH3 is 1. The summed E-state index contributed by atoms with van der Waals surface area (Å²) in [4.78, 5) is 23.7. The van der Waals surface area contributed by atoms with Crippen molar-refractivity contribution in [1.29, 1.82) is 0 Å². The highest BCUT2D eigenvalue weighted by Gasteiger charge is 2.09. The molecule has 5 nitrogen and oxygen atoms in total. The van der Waals surface area contributed by atoms with Crippen LogP contribution in [0.1, 0.15) is 5.69 Å². The van der Waals surface area contributed by atoms with Crippen molar-refractivity contribution in [3.63, 3.8) is 0 Å². The van der Waals surface area contributed by atoms with Crippen molar-refractivity contribution in [3.05, 3.63) is 58.5 Å². The van der Waals surface area contributed by atoms with E-state index in [0.717, 1.165) is 5.69 Å². The van der Waals surface area contributed by atoms with Gasteiger partial charge in [-0.15, -0.1) is 0 Å². The van der Waals surface area contributed by atoms with Crippen LogP contribution in [0.3, 0.4) is 0 Å². The first-order valence-corrected chi connectivity index (χ1v) is 6.21. The molecular weight excluding hydrogens is 256 g/mol. The molecule has 1 aromatic heterocycles. The summed E-state index contributed by atoms with van der Waals surface area (Å²) in [6.07, 6.45) is 0. The molecule has 1 amide bonds. The van der Waals surface area contributed by atoms with Crippen molar-refractivity contribution in [3.8, 4) is 5.75 Å². The SMILES string of the molecule is COc1ccccc1NC(=O)Cn1c(C)cccc1=O. The van der Waals surface area contributed by atoms with Crippen LogP contribution < -0.4 is 15.6 Å². The topological polar surface area (TPSA) is 60.3 Å². The van der Waals surface area contributed by atoms with Gasteiger partial charge in [0.15, 0.2) is 0 Å². The fraction of sp³-hybridized carbons (Fsp3) is 0.200. The largest absolute Gasteiger partial charge is 0.495 e. The van der Waals surface area contributed by atoms with E-state index in [1.54, 1.807) is 37.3 Å². The first-order valence-electron chi connectivity index (χ1n) is 6.21. The molecule has 5 heteroatoms. The lowest BCUT2D eigenvalue weighted by atomic mass is 10.3. The lowest BCUT2D eigenvalue weighted by Crippen LogP contribution is -2.28. The van der Waals surface area contributed by atoms with Crippen molar-refractivity contribution in [2.75, 3.05) is 12.4 Å². The number of hydrogen-bond acceptors (Lipinski definition) is 3. The highest BCUT2D eigenvalue weighted by Crippen LogP contribution is 2.22. The van der Waals surface area contributed by atoms with Crippen LogP contribution in [0.5, 0.6) is 5.75 Å². The normalized spacial score (nSPS) is 10.1. The molecule has 0 unspecified atom stereocenters. The summed E-state index contributed by atoms with van der Waals surface area (Å²) < 4.78 is 6.58. The van der Waals surface area contributed by atoms with Gasteiger partial charge in [0.05, 0.1) is 12.8 Å². The molecule has 0 atom stereocenters. The fourth-order valence-corrected chi connectivity index (χ4v) is 1.91. The maximum Gasteiger partial charge on any atom is 0.251 e. The molecule has 0 aliphatic heterocycles. The van der Waals surface area contributed by atoms with Gasteiger partial charge in [-0.05, 0) is 25.1 Å². The third-order valence-electron chi connectivity index (χ3n) is 2.95. The highest BCUT2D eigenvalue weighted by molar-refractivity contribution is 5.92. The maximum absolute atomic E-state index is 12.0. The smallest absolute Gasteiger partial charge is 0.251 e. The van der Waals surface area contributed by atoms with E-state index in [9.17, 15) is 9.59 Å². The number of aryl methyl sites for hydroxylation is 1. The molecule has 2 rings (SSSR count). The summed E-state index contributed by atoms with van der Waals surface area (Å²) in [5.74, 6) is 0.309. The zero-order chi connectivity index (χ0) is 14.5. The van der Waals surface area contributed by atoms with Crippen LogP contribution in [0.2, 0.25) is 0 Å². The van der Waals surface area contributed by atoms with Gasteiger partial charge in [-0.1, -0.05) is 18.2 Å². The molecule has 104 valence electrons. The molecular formula is C15H16N2O3. The van der Waals surface area contributed by atoms with Gasteiger partial charge in [0, 0.05) is 11.8 Å². The first kappa shape index (κ1) is 13.9. The zero-order valence-electron chi connectivity index (χ0n) is 11.4. The van der Waals surface area contributed by atoms with Crippen molar-refractivity contribution in [2.24, 2.45) is 0 Å². The van der Waals surface area contributed by atoms with Crippen LogP contribution in [0.4, 0.5) is 5.69 Å². The van der Waals surface area contributed by atoms with E-state index >= 15 is 0 Å². The number of hydrogen-bond donors (Lipinski definition) is 1. The zero-order valence-corrected chi connectivity index (χ0v) is 11.4. The Morgan fingerprint density at radius 1 is 1.20 bits per heavy atom. The van der Waals surface area contributed by atoms with Crippen molar-refractivity contribution in [1.82, 2.24) is 4.57 Å². The van der Waals surface area contributed by atoms with Crippen LogP contribution in [-0.4, -0.2) is 17.6 Å². The molecule has 0 aliphatic carbocycles. The average molecular weight is 272 g/mol. The van der Waals surface area contributed by atoms with E-state index in [2.05, 4.69) is 5.32 Å². The van der Waals surface area contributed by atoms with E-state index in [1.165, 1.54) is 17.7 Å². The molecule has 0 bridgehead atoms. The van der Waals surface area contributed by atoms with Crippen molar-refractivity contribution < 1.29 is 9.53 Å². The van der Waals surface area contributed by atoms with E-state index in [0.29, 0.717) is 11.4 Å². The summed E-state index contributed by atoms with van der Waals surface area (Å²) in [5.41, 5.74) is 1.13. The highest BCUT2D eigenvalue weighted by atomic mass is 16.5. The minimum absolute atomic E-state index is 0.0243. The fourth-order valence-electron chi connectivity index (χ4n) is 1.91. The van der Waals surface area contributed by atoms with Gasteiger partial charge in [-0.3, -0.25) is 9.59 Å². The summed E-state index contributed by atoms with van der Waals surface area (Å²) in [6, 6.07) is 12.0. The van der Waals surface area contributed by atoms with E-state index in [1.807, 2.05) is 6.07 Å². The number of ether oxygens (including phenoxy) is 1. The monoisotopic (exact) mass is 272 g/mol. The molecule has 0 saturated carbocycles. The average Bonchev–Trinajstić information content (AvgIpc) is 2.44. The Kier molecular flexibility index (Phi) is 4.20. The molecule has 1 aromatic carbocycles. The lowest BCUT2D eigenvalue weighted by Gasteiger charge is -2.12. The second-order valence-electron chi connectivity index (χ2n) is 4.34. The molecule has 0 saturated heterocycles. The molecule has 20 heavy (non-hydrogen) atoms. The van der Waals surface area contributed by atoms with Crippen LogP contribution in [0, 0.1) is 6.92 Å². The van der Waals surface area contributed by atoms with Crippen LogP contribution in [-0.2, 0) is 11.3 Å². The number of carbonyl (C=O) groups is 1. The number of nitrogens with zero attached hydrogens (tertiary/aromatic N) is 1. The van der Waals surface area contributed by atoms with Gasteiger partial charge in [0.25, 0.3) is 5.56 Å². The first-order chi connectivity index (χ1) is 9.61. The van der Waals surface area contributed by atoms with Gasteiger partial charge in [-0.25, -0.2) is 0 Å². The second-order valence-corrected chi connectivity index (χ2v) is 4.34. The summed E-state index contributed by atoms with van der Waals surface area (Å²) in [6.45, 7) is 1.77. The quantitative estimate of drug-likeness (QED) is 0.923. The van der Waals surface area contributed by atoms with Crippen molar-refractivity contribution >= 4 is 11.6 Å².